The first kappa shape index (κ1) is 14.3. The molecule has 0 heterocycles. The molecule has 19 heavy (non-hydrogen) atoms. The van der Waals surface area contributed by atoms with E-state index in [9.17, 15) is 0 Å². The van der Waals surface area contributed by atoms with E-state index in [1.54, 1.807) is 0 Å². The molecule has 1 nitrogen and oxygen atoms in total. The molecule has 2 N–H and O–H groups in total. The Bertz CT molecular complexity index is 563. The minimum Gasteiger partial charge on any atom is -0.320 e. The predicted octanol–water partition coefficient (Wildman–Crippen LogP) is 4.62. The van der Waals surface area contributed by atoms with Gasteiger partial charge >= 0.3 is 0 Å². The lowest BCUT2D eigenvalue weighted by Crippen LogP contribution is -2.14. The Labute approximate surface area is 124 Å². The van der Waals surface area contributed by atoms with Gasteiger partial charge in [-0.3, -0.25) is 0 Å². The molecule has 0 aliphatic heterocycles. The lowest BCUT2D eigenvalue weighted by atomic mass is 9.92. The van der Waals surface area contributed by atoms with Gasteiger partial charge in [-0.1, -0.05) is 60.1 Å². The molecule has 100 valence electrons. The smallest absolute Gasteiger partial charge is 0.0554 e. The molecule has 0 saturated carbocycles. The van der Waals surface area contributed by atoms with Crippen LogP contribution in [0.15, 0.2) is 46.9 Å². The summed E-state index contributed by atoms with van der Waals surface area (Å²) in [4.78, 5) is 0. The highest BCUT2D eigenvalue weighted by Crippen LogP contribution is 2.26. The lowest BCUT2D eigenvalue weighted by Gasteiger charge is -2.18. The normalized spacial score (nSPS) is 12.4. The fourth-order valence-corrected chi connectivity index (χ4v) is 2.77. The van der Waals surface area contributed by atoms with Crippen LogP contribution in [0.25, 0.3) is 0 Å². The van der Waals surface area contributed by atoms with Crippen LogP contribution in [-0.2, 0) is 12.8 Å². The summed E-state index contributed by atoms with van der Waals surface area (Å²) in [5.74, 6) is 0. The Kier molecular flexibility index (Phi) is 4.78. The average Bonchev–Trinajstić information content (AvgIpc) is 2.45. The monoisotopic (exact) mass is 317 g/mol. The predicted molar refractivity (Wildman–Crippen MR) is 85.4 cm³/mol. The van der Waals surface area contributed by atoms with Crippen molar-refractivity contribution in [2.24, 2.45) is 5.73 Å². The summed E-state index contributed by atoms with van der Waals surface area (Å²) >= 11 is 3.51. The summed E-state index contributed by atoms with van der Waals surface area (Å²) < 4.78 is 1.07. The van der Waals surface area contributed by atoms with E-state index in [1.807, 2.05) is 12.1 Å². The standard InChI is InChI=1S/C17H20BrN/c1-3-12-8-9-13(4-2)16(10-12)17(19)14-6-5-7-15(18)11-14/h5-11,17H,3-4,19H2,1-2H3. The van der Waals surface area contributed by atoms with Crippen molar-refractivity contribution in [1.82, 2.24) is 0 Å². The Morgan fingerprint density at radius 1 is 1.05 bits per heavy atom. The second-order valence-electron chi connectivity index (χ2n) is 4.77. The fraction of sp³-hybridized carbons (Fsp3) is 0.294. The number of aryl methyl sites for hydroxylation is 2. The number of halogens is 1. The van der Waals surface area contributed by atoms with Crippen LogP contribution in [0.2, 0.25) is 0 Å². The number of hydrogen-bond donors (Lipinski definition) is 1. The first-order valence-electron chi connectivity index (χ1n) is 6.78. The topological polar surface area (TPSA) is 26.0 Å². The zero-order valence-corrected chi connectivity index (χ0v) is 13.1. The third-order valence-corrected chi connectivity index (χ3v) is 4.04. The minimum absolute atomic E-state index is 0.0565. The van der Waals surface area contributed by atoms with Crippen LogP contribution in [0.3, 0.4) is 0 Å². The van der Waals surface area contributed by atoms with Gasteiger partial charge in [0.2, 0.25) is 0 Å². The minimum atomic E-state index is -0.0565. The van der Waals surface area contributed by atoms with E-state index < -0.39 is 0 Å². The van der Waals surface area contributed by atoms with Crippen molar-refractivity contribution >= 4 is 15.9 Å². The molecule has 2 heteroatoms. The van der Waals surface area contributed by atoms with Gasteiger partial charge in [-0.25, -0.2) is 0 Å². The van der Waals surface area contributed by atoms with Crippen molar-refractivity contribution in [2.45, 2.75) is 32.7 Å². The van der Waals surface area contributed by atoms with E-state index in [0.717, 1.165) is 22.9 Å². The van der Waals surface area contributed by atoms with Crippen molar-refractivity contribution in [2.75, 3.05) is 0 Å². The summed E-state index contributed by atoms with van der Waals surface area (Å²) in [6, 6.07) is 14.9. The van der Waals surface area contributed by atoms with Gasteiger partial charge in [0.05, 0.1) is 6.04 Å². The average molecular weight is 318 g/mol. The molecular formula is C17H20BrN. The molecule has 0 radical (unpaired) electrons. The van der Waals surface area contributed by atoms with Crippen molar-refractivity contribution in [3.05, 3.63) is 69.2 Å². The van der Waals surface area contributed by atoms with E-state index in [4.69, 9.17) is 5.73 Å². The van der Waals surface area contributed by atoms with Gasteiger partial charge in [0.25, 0.3) is 0 Å². The van der Waals surface area contributed by atoms with E-state index in [2.05, 4.69) is 60.1 Å². The molecule has 2 aromatic carbocycles. The largest absolute Gasteiger partial charge is 0.320 e. The first-order chi connectivity index (χ1) is 9.15. The number of rotatable bonds is 4. The summed E-state index contributed by atoms with van der Waals surface area (Å²) in [6.07, 6.45) is 2.06. The summed E-state index contributed by atoms with van der Waals surface area (Å²) in [5, 5.41) is 0. The molecule has 2 aromatic rings. The molecule has 0 bridgehead atoms. The van der Waals surface area contributed by atoms with Crippen molar-refractivity contribution in [3.63, 3.8) is 0 Å². The molecule has 1 atom stereocenters. The zero-order valence-electron chi connectivity index (χ0n) is 11.5. The number of nitrogens with two attached hydrogens (primary N) is 1. The molecular weight excluding hydrogens is 298 g/mol. The van der Waals surface area contributed by atoms with Crippen LogP contribution in [0.5, 0.6) is 0 Å². The Morgan fingerprint density at radius 2 is 1.84 bits per heavy atom. The van der Waals surface area contributed by atoms with E-state index in [0.29, 0.717) is 0 Å². The Balaban J connectivity index is 2.44. The van der Waals surface area contributed by atoms with Gasteiger partial charge in [-0.2, -0.15) is 0 Å². The first-order valence-corrected chi connectivity index (χ1v) is 7.57. The summed E-state index contributed by atoms with van der Waals surface area (Å²) in [7, 11) is 0. The third kappa shape index (κ3) is 3.26. The van der Waals surface area contributed by atoms with Crippen molar-refractivity contribution in [1.29, 1.82) is 0 Å². The number of hydrogen-bond acceptors (Lipinski definition) is 1. The van der Waals surface area contributed by atoms with Crippen LogP contribution in [-0.4, -0.2) is 0 Å². The highest BCUT2D eigenvalue weighted by Gasteiger charge is 2.13. The third-order valence-electron chi connectivity index (χ3n) is 3.54. The van der Waals surface area contributed by atoms with Gasteiger partial charge in [-0.05, 0) is 47.2 Å². The maximum absolute atomic E-state index is 6.46. The van der Waals surface area contributed by atoms with Crippen molar-refractivity contribution in [3.8, 4) is 0 Å². The molecule has 0 spiro atoms. The molecule has 0 aliphatic carbocycles. The summed E-state index contributed by atoms with van der Waals surface area (Å²) in [5.41, 5.74) is 11.5. The highest BCUT2D eigenvalue weighted by molar-refractivity contribution is 9.10. The molecule has 0 aromatic heterocycles. The second-order valence-corrected chi connectivity index (χ2v) is 5.69. The van der Waals surface area contributed by atoms with Gasteiger partial charge in [0.1, 0.15) is 0 Å². The SMILES string of the molecule is CCc1ccc(CC)c(C(N)c2cccc(Br)c2)c1. The molecule has 0 amide bonds. The maximum atomic E-state index is 6.46. The van der Waals surface area contributed by atoms with Gasteiger partial charge in [-0.15, -0.1) is 0 Å². The lowest BCUT2D eigenvalue weighted by molar-refractivity contribution is 0.844. The highest BCUT2D eigenvalue weighted by atomic mass is 79.9. The summed E-state index contributed by atoms with van der Waals surface area (Å²) in [6.45, 7) is 4.35. The quantitative estimate of drug-likeness (QED) is 0.874. The Hall–Kier alpha value is -1.12. The van der Waals surface area contributed by atoms with Crippen LogP contribution in [0, 0.1) is 0 Å². The molecule has 2 rings (SSSR count). The molecule has 1 unspecified atom stereocenters. The van der Waals surface area contributed by atoms with E-state index in [1.165, 1.54) is 16.7 Å². The Morgan fingerprint density at radius 3 is 2.47 bits per heavy atom. The van der Waals surface area contributed by atoms with Gasteiger partial charge in [0.15, 0.2) is 0 Å². The van der Waals surface area contributed by atoms with E-state index >= 15 is 0 Å². The van der Waals surface area contributed by atoms with E-state index in [-0.39, 0.29) is 6.04 Å². The molecule has 0 fully saturated rings. The molecule has 0 aliphatic rings. The van der Waals surface area contributed by atoms with Gasteiger partial charge < -0.3 is 5.73 Å². The van der Waals surface area contributed by atoms with Crippen LogP contribution in [0.4, 0.5) is 0 Å². The maximum Gasteiger partial charge on any atom is 0.0554 e. The second kappa shape index (κ2) is 6.36. The van der Waals surface area contributed by atoms with Gasteiger partial charge in [0, 0.05) is 4.47 Å². The van der Waals surface area contributed by atoms with Crippen molar-refractivity contribution < 1.29 is 0 Å². The molecule has 0 saturated heterocycles. The van der Waals surface area contributed by atoms with Crippen LogP contribution < -0.4 is 5.73 Å². The van der Waals surface area contributed by atoms with Crippen LogP contribution in [0.1, 0.15) is 42.1 Å². The zero-order chi connectivity index (χ0) is 13.8. The van der Waals surface area contributed by atoms with Crippen LogP contribution >= 0.6 is 15.9 Å². The fourth-order valence-electron chi connectivity index (χ4n) is 2.36. The number of benzene rings is 2.